The number of hydrazone groups is 1. The number of rotatable bonds is 3. The molecule has 3 rings (SSSR count). The van der Waals surface area contributed by atoms with Crippen LogP contribution in [0.5, 0.6) is 0 Å². The number of anilines is 1. The number of nitrogens with one attached hydrogen (secondary N) is 1. The van der Waals surface area contributed by atoms with E-state index < -0.39 is 0 Å². The Balaban J connectivity index is 1.90. The van der Waals surface area contributed by atoms with Crippen molar-refractivity contribution in [3.8, 4) is 0 Å². The summed E-state index contributed by atoms with van der Waals surface area (Å²) in [6.07, 6.45) is 1.73. The van der Waals surface area contributed by atoms with Gasteiger partial charge in [-0.1, -0.05) is 48.0 Å². The Morgan fingerprint density at radius 1 is 1.14 bits per heavy atom. The molecule has 4 nitrogen and oxygen atoms in total. The zero-order valence-corrected chi connectivity index (χ0v) is 12.2. The summed E-state index contributed by atoms with van der Waals surface area (Å²) in [5.74, 6) is 0.634. The standard InChI is InChI=1S/C16H13ClN4/c1-11(12-6-4-7-14(17)9-12)19-21-16-15-8-3-2-5-13(15)10-18-20-16/h2-10H,1H3,(H,20,21)/b19-11+. The predicted molar refractivity (Wildman–Crippen MR) is 86.8 cm³/mol. The van der Waals surface area contributed by atoms with Crippen molar-refractivity contribution < 1.29 is 0 Å². The second-order valence-electron chi connectivity index (χ2n) is 4.60. The second-order valence-corrected chi connectivity index (χ2v) is 5.04. The van der Waals surface area contributed by atoms with Crippen LogP contribution in [-0.4, -0.2) is 15.9 Å². The van der Waals surface area contributed by atoms with Crippen LogP contribution >= 0.6 is 11.6 Å². The van der Waals surface area contributed by atoms with Crippen molar-refractivity contribution in [3.63, 3.8) is 0 Å². The second kappa shape index (κ2) is 5.89. The summed E-state index contributed by atoms with van der Waals surface area (Å²) < 4.78 is 0. The van der Waals surface area contributed by atoms with E-state index in [1.807, 2.05) is 55.5 Å². The van der Waals surface area contributed by atoms with Gasteiger partial charge in [-0.25, -0.2) is 0 Å². The molecule has 104 valence electrons. The predicted octanol–water partition coefficient (Wildman–Crippen LogP) is 4.12. The minimum absolute atomic E-state index is 0.634. The molecule has 0 amide bonds. The normalized spacial score (nSPS) is 11.6. The van der Waals surface area contributed by atoms with Crippen LogP contribution in [0.1, 0.15) is 12.5 Å². The summed E-state index contributed by atoms with van der Waals surface area (Å²) in [6.45, 7) is 1.91. The zero-order chi connectivity index (χ0) is 14.7. The summed E-state index contributed by atoms with van der Waals surface area (Å²) in [6, 6.07) is 15.5. The first-order valence-electron chi connectivity index (χ1n) is 6.51. The van der Waals surface area contributed by atoms with Crippen molar-refractivity contribution in [3.05, 3.63) is 65.3 Å². The highest BCUT2D eigenvalue weighted by molar-refractivity contribution is 6.31. The van der Waals surface area contributed by atoms with Gasteiger partial charge in [0.2, 0.25) is 0 Å². The third-order valence-corrected chi connectivity index (χ3v) is 3.38. The Morgan fingerprint density at radius 2 is 2.00 bits per heavy atom. The Morgan fingerprint density at radius 3 is 2.86 bits per heavy atom. The average molecular weight is 297 g/mol. The van der Waals surface area contributed by atoms with Crippen LogP contribution < -0.4 is 5.43 Å². The van der Waals surface area contributed by atoms with Gasteiger partial charge >= 0.3 is 0 Å². The number of fused-ring (bicyclic) bond motifs is 1. The molecule has 1 N–H and O–H groups in total. The zero-order valence-electron chi connectivity index (χ0n) is 11.4. The van der Waals surface area contributed by atoms with Gasteiger partial charge in [0, 0.05) is 15.8 Å². The molecule has 0 atom stereocenters. The van der Waals surface area contributed by atoms with E-state index in [1.165, 1.54) is 0 Å². The third kappa shape index (κ3) is 3.01. The third-order valence-electron chi connectivity index (χ3n) is 3.14. The number of hydrogen-bond donors (Lipinski definition) is 1. The van der Waals surface area contributed by atoms with E-state index in [1.54, 1.807) is 6.20 Å². The van der Waals surface area contributed by atoms with Gasteiger partial charge in [0.1, 0.15) is 0 Å². The Labute approximate surface area is 127 Å². The Kier molecular flexibility index (Phi) is 3.79. The maximum Gasteiger partial charge on any atom is 0.176 e. The largest absolute Gasteiger partial charge is 0.259 e. The van der Waals surface area contributed by atoms with Gasteiger partial charge < -0.3 is 0 Å². The molecule has 1 aromatic heterocycles. The molecule has 3 aromatic rings. The van der Waals surface area contributed by atoms with Crippen molar-refractivity contribution in [1.29, 1.82) is 0 Å². The summed E-state index contributed by atoms with van der Waals surface area (Å²) >= 11 is 5.99. The summed E-state index contributed by atoms with van der Waals surface area (Å²) in [4.78, 5) is 0. The molecule has 2 aromatic carbocycles. The number of benzene rings is 2. The van der Waals surface area contributed by atoms with Gasteiger partial charge in [-0.2, -0.15) is 10.2 Å². The molecule has 0 spiro atoms. The fourth-order valence-electron chi connectivity index (χ4n) is 2.03. The Bertz CT molecular complexity index is 809. The number of halogens is 1. The van der Waals surface area contributed by atoms with Gasteiger partial charge in [-0.3, -0.25) is 5.43 Å². The summed E-state index contributed by atoms with van der Waals surface area (Å²) in [7, 11) is 0. The number of nitrogens with zero attached hydrogens (tertiary/aromatic N) is 3. The van der Waals surface area contributed by atoms with E-state index in [0.29, 0.717) is 10.8 Å². The van der Waals surface area contributed by atoms with E-state index in [9.17, 15) is 0 Å². The average Bonchev–Trinajstić information content (AvgIpc) is 2.52. The van der Waals surface area contributed by atoms with Crippen LogP contribution in [0.4, 0.5) is 5.82 Å². The van der Waals surface area contributed by atoms with Crippen LogP contribution in [0.25, 0.3) is 10.8 Å². The van der Waals surface area contributed by atoms with Crippen molar-refractivity contribution in [2.24, 2.45) is 5.10 Å². The molecule has 1 heterocycles. The van der Waals surface area contributed by atoms with Gasteiger partial charge in [0.15, 0.2) is 5.82 Å². The van der Waals surface area contributed by atoms with Gasteiger partial charge in [0.05, 0.1) is 11.9 Å². The topological polar surface area (TPSA) is 50.2 Å². The number of aromatic nitrogens is 2. The molecule has 0 bridgehead atoms. The van der Waals surface area contributed by atoms with Crippen molar-refractivity contribution in [1.82, 2.24) is 10.2 Å². The van der Waals surface area contributed by atoms with Crippen molar-refractivity contribution >= 4 is 33.9 Å². The molecule has 0 saturated carbocycles. The fourth-order valence-corrected chi connectivity index (χ4v) is 2.22. The van der Waals surface area contributed by atoms with Crippen molar-refractivity contribution in [2.45, 2.75) is 6.92 Å². The van der Waals surface area contributed by atoms with Crippen LogP contribution in [0.2, 0.25) is 5.02 Å². The lowest BCUT2D eigenvalue weighted by molar-refractivity contribution is 1.04. The van der Waals surface area contributed by atoms with E-state index >= 15 is 0 Å². The highest BCUT2D eigenvalue weighted by Gasteiger charge is 2.03. The minimum Gasteiger partial charge on any atom is -0.259 e. The molecule has 0 aliphatic heterocycles. The van der Waals surface area contributed by atoms with E-state index in [0.717, 1.165) is 22.0 Å². The quantitative estimate of drug-likeness (QED) is 0.584. The smallest absolute Gasteiger partial charge is 0.176 e. The van der Waals surface area contributed by atoms with Gasteiger partial charge in [-0.15, -0.1) is 5.10 Å². The molecular formula is C16H13ClN4. The number of hydrogen-bond acceptors (Lipinski definition) is 4. The fraction of sp³-hybridized carbons (Fsp3) is 0.0625. The first-order chi connectivity index (χ1) is 10.2. The highest BCUT2D eigenvalue weighted by Crippen LogP contribution is 2.19. The Hall–Kier alpha value is -2.46. The summed E-state index contributed by atoms with van der Waals surface area (Å²) in [5.41, 5.74) is 4.76. The monoisotopic (exact) mass is 296 g/mol. The molecular weight excluding hydrogens is 284 g/mol. The van der Waals surface area contributed by atoms with Gasteiger partial charge in [-0.05, 0) is 24.6 Å². The SMILES string of the molecule is C/C(=N\Nc1nncc2ccccc12)c1cccc(Cl)c1. The first kappa shape index (κ1) is 13.5. The van der Waals surface area contributed by atoms with Crippen molar-refractivity contribution in [2.75, 3.05) is 5.43 Å². The molecule has 0 saturated heterocycles. The lowest BCUT2D eigenvalue weighted by Crippen LogP contribution is -2.02. The van der Waals surface area contributed by atoms with Crippen LogP contribution in [-0.2, 0) is 0 Å². The van der Waals surface area contributed by atoms with Crippen LogP contribution in [0.15, 0.2) is 59.8 Å². The van der Waals surface area contributed by atoms with E-state index in [4.69, 9.17) is 11.6 Å². The van der Waals surface area contributed by atoms with Crippen LogP contribution in [0, 0.1) is 0 Å². The van der Waals surface area contributed by atoms with Crippen LogP contribution in [0.3, 0.4) is 0 Å². The summed E-state index contributed by atoms with van der Waals surface area (Å²) in [5, 5.41) is 15.1. The molecule has 0 aliphatic rings. The maximum absolute atomic E-state index is 5.99. The lowest BCUT2D eigenvalue weighted by atomic mass is 10.1. The van der Waals surface area contributed by atoms with E-state index in [-0.39, 0.29) is 0 Å². The lowest BCUT2D eigenvalue weighted by Gasteiger charge is -2.05. The maximum atomic E-state index is 5.99. The van der Waals surface area contributed by atoms with E-state index in [2.05, 4.69) is 20.7 Å². The minimum atomic E-state index is 0.634. The molecule has 0 aliphatic carbocycles. The highest BCUT2D eigenvalue weighted by atomic mass is 35.5. The molecule has 0 radical (unpaired) electrons. The molecule has 21 heavy (non-hydrogen) atoms. The molecule has 0 unspecified atom stereocenters. The van der Waals surface area contributed by atoms with Gasteiger partial charge in [0.25, 0.3) is 0 Å². The first-order valence-corrected chi connectivity index (χ1v) is 6.88. The molecule has 0 fully saturated rings. The molecule has 5 heteroatoms.